The van der Waals surface area contributed by atoms with Crippen molar-refractivity contribution in [2.45, 2.75) is 65.1 Å². The first-order valence-corrected chi connectivity index (χ1v) is 16.8. The number of halogens is 4. The van der Waals surface area contributed by atoms with Crippen molar-refractivity contribution in [1.82, 2.24) is 29.5 Å². The fourth-order valence-electron chi connectivity index (χ4n) is 4.04. The van der Waals surface area contributed by atoms with Gasteiger partial charge in [-0.05, 0) is 121 Å². The number of hydrogen-bond acceptors (Lipinski definition) is 7. The van der Waals surface area contributed by atoms with Gasteiger partial charge >= 0.3 is 0 Å². The van der Waals surface area contributed by atoms with E-state index in [1.165, 1.54) is 47.5 Å². The molecule has 2 aliphatic carbocycles. The summed E-state index contributed by atoms with van der Waals surface area (Å²) in [6.45, 7) is 6.06. The molecule has 2 aliphatic rings. The fraction of sp³-hybridized carbons (Fsp3) is 0.500. The van der Waals surface area contributed by atoms with E-state index in [2.05, 4.69) is 102 Å². The Labute approximate surface area is 257 Å². The maximum atomic E-state index is 10.5. The van der Waals surface area contributed by atoms with Gasteiger partial charge < -0.3 is 5.11 Å². The largest absolute Gasteiger partial charge is 0.383 e. The van der Waals surface area contributed by atoms with Gasteiger partial charge in [-0.15, -0.1) is 22.7 Å². The summed E-state index contributed by atoms with van der Waals surface area (Å²) in [5.74, 6) is 1.63. The Bertz CT molecular complexity index is 1390. The SMILES string of the molecule is Cc1nn(CC2CC2)cc1C(O)c1sc(Br)nc1Br.Cc1nn(CC2CC2)cc1Cc1sc(Br)nc1Br. The fourth-order valence-corrected chi connectivity index (χ4v) is 8.79. The van der Waals surface area contributed by atoms with Gasteiger partial charge in [0.15, 0.2) is 7.83 Å². The zero-order valence-electron chi connectivity index (χ0n) is 20.3. The van der Waals surface area contributed by atoms with E-state index in [0.29, 0.717) is 4.60 Å². The molecular weight excluding hydrogens is 772 g/mol. The van der Waals surface area contributed by atoms with Crippen molar-refractivity contribution in [3.63, 3.8) is 0 Å². The molecule has 1 N–H and O–H groups in total. The van der Waals surface area contributed by atoms with Crippen LogP contribution >= 0.6 is 86.4 Å². The predicted molar refractivity (Wildman–Crippen MR) is 161 cm³/mol. The molecule has 0 spiro atoms. The average molecular weight is 798 g/mol. The Balaban J connectivity index is 0.000000152. The summed E-state index contributed by atoms with van der Waals surface area (Å²) >= 11 is 16.7. The molecule has 13 heteroatoms. The van der Waals surface area contributed by atoms with Crippen molar-refractivity contribution in [2.24, 2.45) is 11.8 Å². The van der Waals surface area contributed by atoms with Gasteiger partial charge in [0.25, 0.3) is 0 Å². The number of nitrogens with zero attached hydrogens (tertiary/aromatic N) is 6. The third-order valence-electron chi connectivity index (χ3n) is 6.42. The van der Waals surface area contributed by atoms with Gasteiger partial charge in [-0.1, -0.05) is 0 Å². The van der Waals surface area contributed by atoms with Crippen LogP contribution < -0.4 is 0 Å². The van der Waals surface area contributed by atoms with Crippen molar-refractivity contribution in [3.8, 4) is 0 Å². The Kier molecular flexibility index (Phi) is 9.09. The highest BCUT2D eigenvalue weighted by atomic mass is 79.9. The molecule has 0 aliphatic heterocycles. The molecule has 0 saturated heterocycles. The van der Waals surface area contributed by atoms with Crippen LogP contribution in [0.2, 0.25) is 0 Å². The molecule has 2 saturated carbocycles. The molecule has 4 aromatic heterocycles. The third-order valence-corrected chi connectivity index (χ3v) is 11.3. The van der Waals surface area contributed by atoms with Crippen molar-refractivity contribution in [1.29, 1.82) is 0 Å². The van der Waals surface area contributed by atoms with E-state index in [9.17, 15) is 5.11 Å². The molecule has 4 aromatic rings. The second-order valence-corrected chi connectivity index (χ2v) is 15.8. The van der Waals surface area contributed by atoms with Crippen LogP contribution in [-0.2, 0) is 19.5 Å². The first-order valence-electron chi connectivity index (χ1n) is 12.0. The summed E-state index contributed by atoms with van der Waals surface area (Å²) < 4.78 is 7.37. The lowest BCUT2D eigenvalue weighted by atomic mass is 10.1. The topological polar surface area (TPSA) is 81.6 Å². The number of thiazole rings is 2. The Morgan fingerprint density at radius 2 is 1.43 bits per heavy atom. The summed E-state index contributed by atoms with van der Waals surface area (Å²) in [4.78, 5) is 10.6. The molecule has 198 valence electrons. The van der Waals surface area contributed by atoms with Gasteiger partial charge in [0.1, 0.15) is 15.3 Å². The van der Waals surface area contributed by atoms with Crippen LogP contribution in [-0.4, -0.2) is 34.6 Å². The van der Waals surface area contributed by atoms with Gasteiger partial charge in [-0.2, -0.15) is 10.2 Å². The summed E-state index contributed by atoms with van der Waals surface area (Å²) in [6, 6.07) is 0. The van der Waals surface area contributed by atoms with E-state index < -0.39 is 6.10 Å². The van der Waals surface area contributed by atoms with E-state index in [-0.39, 0.29) is 0 Å². The first-order chi connectivity index (χ1) is 17.7. The van der Waals surface area contributed by atoms with Gasteiger partial charge in [-0.25, -0.2) is 9.97 Å². The minimum atomic E-state index is -0.675. The number of aryl methyl sites for hydroxylation is 2. The quantitative estimate of drug-likeness (QED) is 0.197. The van der Waals surface area contributed by atoms with E-state index in [0.717, 1.165) is 65.6 Å². The second kappa shape index (κ2) is 12.0. The van der Waals surface area contributed by atoms with Crippen LogP contribution in [0.1, 0.15) is 64.1 Å². The Morgan fingerprint density at radius 1 is 0.865 bits per heavy atom. The molecule has 4 heterocycles. The lowest BCUT2D eigenvalue weighted by Crippen LogP contribution is -2.00. The van der Waals surface area contributed by atoms with Crippen LogP contribution in [0.15, 0.2) is 29.4 Å². The average Bonchev–Trinajstić information content (AvgIpc) is 3.69. The Morgan fingerprint density at radius 3 is 1.97 bits per heavy atom. The van der Waals surface area contributed by atoms with Crippen molar-refractivity contribution in [3.05, 3.63) is 61.7 Å². The normalized spacial score (nSPS) is 16.1. The molecule has 1 unspecified atom stereocenters. The molecule has 2 fully saturated rings. The van der Waals surface area contributed by atoms with Crippen molar-refractivity contribution >= 4 is 86.4 Å². The lowest BCUT2D eigenvalue weighted by molar-refractivity contribution is 0.222. The van der Waals surface area contributed by atoms with Crippen LogP contribution in [0.4, 0.5) is 0 Å². The van der Waals surface area contributed by atoms with Crippen LogP contribution in [0.25, 0.3) is 0 Å². The number of aliphatic hydroxyl groups is 1. The minimum absolute atomic E-state index is 0.675. The monoisotopic (exact) mass is 794 g/mol. The third kappa shape index (κ3) is 7.40. The van der Waals surface area contributed by atoms with Crippen LogP contribution in [0.3, 0.4) is 0 Å². The van der Waals surface area contributed by atoms with Gasteiger partial charge in [-0.3, -0.25) is 9.36 Å². The molecular formula is C24H26Br4N6OS2. The standard InChI is InChI=1S/C12H13Br2N3OS.C12H13Br2N3S/c1-6-8(5-17(16-6)4-7-2-3-7)9(18)10-11(13)15-12(14)19-10;1-7-9(4-10-11(13)15-12(14)18-10)6-17(16-7)5-8-2-3-8/h5,7,9,18H,2-4H2,1H3;6,8H,2-5H2,1H3. The molecule has 1 atom stereocenters. The number of aromatic nitrogens is 6. The summed E-state index contributed by atoms with van der Waals surface area (Å²) in [6.07, 6.45) is 9.69. The second-order valence-electron chi connectivity index (χ2n) is 9.62. The van der Waals surface area contributed by atoms with Crippen LogP contribution in [0, 0.1) is 25.7 Å². The predicted octanol–water partition coefficient (Wildman–Crippen LogP) is 7.84. The maximum absolute atomic E-state index is 10.5. The highest BCUT2D eigenvalue weighted by Crippen LogP contribution is 2.37. The van der Waals surface area contributed by atoms with E-state index in [1.807, 2.05) is 17.8 Å². The van der Waals surface area contributed by atoms with E-state index >= 15 is 0 Å². The molecule has 0 aromatic carbocycles. The van der Waals surface area contributed by atoms with Crippen LogP contribution in [0.5, 0.6) is 0 Å². The number of hydrogen-bond donors (Lipinski definition) is 1. The summed E-state index contributed by atoms with van der Waals surface area (Å²) in [5.41, 5.74) is 4.17. The minimum Gasteiger partial charge on any atom is -0.383 e. The van der Waals surface area contributed by atoms with Gasteiger partial charge in [0.2, 0.25) is 0 Å². The molecule has 0 radical (unpaired) electrons. The zero-order chi connectivity index (χ0) is 26.3. The van der Waals surface area contributed by atoms with Gasteiger partial charge in [0.05, 0.1) is 16.3 Å². The molecule has 0 bridgehead atoms. The molecule has 6 rings (SSSR count). The van der Waals surface area contributed by atoms with E-state index in [4.69, 9.17) is 0 Å². The summed E-state index contributed by atoms with van der Waals surface area (Å²) in [5, 5.41) is 19.6. The summed E-state index contributed by atoms with van der Waals surface area (Å²) in [7, 11) is 0. The molecule has 7 nitrogen and oxygen atoms in total. The smallest absolute Gasteiger partial charge is 0.160 e. The maximum Gasteiger partial charge on any atom is 0.160 e. The van der Waals surface area contributed by atoms with Gasteiger partial charge in [0, 0.05) is 42.3 Å². The zero-order valence-corrected chi connectivity index (χ0v) is 28.3. The van der Waals surface area contributed by atoms with Crippen molar-refractivity contribution in [2.75, 3.05) is 0 Å². The number of aliphatic hydroxyl groups excluding tert-OH is 1. The highest BCUT2D eigenvalue weighted by molar-refractivity contribution is 9.11. The first kappa shape index (κ1) is 28.1. The van der Waals surface area contributed by atoms with Crippen molar-refractivity contribution < 1.29 is 5.11 Å². The molecule has 37 heavy (non-hydrogen) atoms. The highest BCUT2D eigenvalue weighted by Gasteiger charge is 2.26. The number of rotatable bonds is 8. The van der Waals surface area contributed by atoms with E-state index in [1.54, 1.807) is 11.3 Å². The molecule has 0 amide bonds. The lowest BCUT2D eigenvalue weighted by Gasteiger charge is -2.06. The Hall–Kier alpha value is -0.440.